The van der Waals surface area contributed by atoms with Gasteiger partial charge in [-0.3, -0.25) is 4.79 Å². The highest BCUT2D eigenvalue weighted by Crippen LogP contribution is 2.27. The van der Waals surface area contributed by atoms with Crippen molar-refractivity contribution in [2.75, 3.05) is 11.6 Å². The zero-order valence-corrected chi connectivity index (χ0v) is 11.3. The van der Waals surface area contributed by atoms with Gasteiger partial charge in [0, 0.05) is 5.56 Å². The zero-order valence-electron chi connectivity index (χ0n) is 10.4. The van der Waals surface area contributed by atoms with E-state index in [1.807, 2.05) is 18.2 Å². The Balaban J connectivity index is 1.89. The first-order valence-electron chi connectivity index (χ1n) is 5.90. The van der Waals surface area contributed by atoms with Crippen molar-refractivity contribution in [1.29, 1.82) is 0 Å². The number of nitrogens with zero attached hydrogens (tertiary/aromatic N) is 3. The number of hydrogen-bond donors (Lipinski definition) is 2. The van der Waals surface area contributed by atoms with Crippen molar-refractivity contribution in [2.24, 2.45) is 0 Å². The average Bonchev–Trinajstić information content (AvgIpc) is 3.02. The van der Waals surface area contributed by atoms with E-state index in [2.05, 4.69) is 10.2 Å². The molecule has 2 heterocycles. The minimum atomic E-state index is -0.922. The number of carbonyl (C=O) groups is 1. The molecular formula is C12H12N4O3S. The molecule has 3 rings (SSSR count). The van der Waals surface area contributed by atoms with Gasteiger partial charge in [0.25, 0.3) is 0 Å². The fourth-order valence-electron chi connectivity index (χ4n) is 2.01. The molecule has 8 heteroatoms. The molecule has 1 aromatic carbocycles. The summed E-state index contributed by atoms with van der Waals surface area (Å²) in [7, 11) is 0. The van der Waals surface area contributed by atoms with E-state index in [9.17, 15) is 4.79 Å². The number of aromatic nitrogens is 3. The van der Waals surface area contributed by atoms with Crippen molar-refractivity contribution in [3.63, 3.8) is 0 Å². The Hall–Kier alpha value is -2.06. The molecule has 1 aromatic heterocycles. The second kappa shape index (κ2) is 5.14. The summed E-state index contributed by atoms with van der Waals surface area (Å²) in [5.74, 6) is 5.39. The van der Waals surface area contributed by atoms with Crippen LogP contribution in [0.5, 0.6) is 0 Å². The van der Waals surface area contributed by atoms with E-state index in [0.29, 0.717) is 24.2 Å². The first kappa shape index (κ1) is 12.9. The number of thioether (sulfide) groups is 1. The van der Waals surface area contributed by atoms with E-state index in [4.69, 9.17) is 15.7 Å². The predicted molar refractivity (Wildman–Crippen MR) is 72.5 cm³/mol. The lowest BCUT2D eigenvalue weighted by atomic mass is 10.1. The summed E-state index contributed by atoms with van der Waals surface area (Å²) in [5, 5.41) is 17.0. The summed E-state index contributed by atoms with van der Waals surface area (Å²) in [5.41, 5.74) is 3.12. The van der Waals surface area contributed by atoms with E-state index < -0.39 is 5.97 Å². The third kappa shape index (κ3) is 2.35. The van der Waals surface area contributed by atoms with Gasteiger partial charge in [0.2, 0.25) is 5.16 Å². The van der Waals surface area contributed by atoms with Crippen LogP contribution in [0.4, 0.5) is 0 Å². The molecule has 104 valence electrons. The Kier molecular flexibility index (Phi) is 3.33. The van der Waals surface area contributed by atoms with E-state index in [1.165, 1.54) is 4.68 Å². The maximum Gasteiger partial charge on any atom is 0.313 e. The van der Waals surface area contributed by atoms with Crippen LogP contribution in [-0.4, -0.2) is 31.7 Å². The minimum absolute atomic E-state index is 0.104. The van der Waals surface area contributed by atoms with Crippen LogP contribution in [0.25, 0.3) is 11.4 Å². The lowest BCUT2D eigenvalue weighted by molar-refractivity contribution is -0.133. The van der Waals surface area contributed by atoms with Crippen molar-refractivity contribution in [1.82, 2.24) is 14.9 Å². The molecule has 0 atom stereocenters. The number of benzene rings is 1. The summed E-state index contributed by atoms with van der Waals surface area (Å²) >= 11 is 1.04. The van der Waals surface area contributed by atoms with Crippen LogP contribution >= 0.6 is 11.8 Å². The third-order valence-corrected chi connectivity index (χ3v) is 3.90. The molecule has 0 radical (unpaired) electrons. The summed E-state index contributed by atoms with van der Waals surface area (Å²) in [4.78, 5) is 10.6. The summed E-state index contributed by atoms with van der Waals surface area (Å²) < 4.78 is 6.67. The van der Waals surface area contributed by atoms with E-state index in [1.54, 1.807) is 0 Å². The molecule has 0 spiro atoms. The molecule has 20 heavy (non-hydrogen) atoms. The Labute approximate surface area is 118 Å². The molecule has 0 bridgehead atoms. The van der Waals surface area contributed by atoms with Gasteiger partial charge in [-0.15, -0.1) is 10.2 Å². The van der Waals surface area contributed by atoms with Crippen LogP contribution in [0.3, 0.4) is 0 Å². The van der Waals surface area contributed by atoms with Gasteiger partial charge in [0.1, 0.15) is 0 Å². The average molecular weight is 292 g/mol. The fourth-order valence-corrected chi connectivity index (χ4v) is 2.59. The van der Waals surface area contributed by atoms with Gasteiger partial charge in [0.15, 0.2) is 5.82 Å². The molecule has 0 saturated heterocycles. The maximum absolute atomic E-state index is 10.6. The van der Waals surface area contributed by atoms with Crippen LogP contribution in [0, 0.1) is 0 Å². The number of aliphatic carboxylic acids is 1. The molecule has 0 amide bonds. The predicted octanol–water partition coefficient (Wildman–Crippen LogP) is 0.866. The highest BCUT2D eigenvalue weighted by atomic mass is 32.2. The number of carboxylic acids is 1. The summed E-state index contributed by atoms with van der Waals surface area (Å²) in [6, 6.07) is 5.87. The van der Waals surface area contributed by atoms with Crippen LogP contribution < -0.4 is 5.84 Å². The fraction of sp³-hybridized carbons (Fsp3) is 0.250. The number of nitrogens with two attached hydrogens (primary N) is 1. The molecule has 0 fully saturated rings. The first-order valence-corrected chi connectivity index (χ1v) is 6.88. The maximum atomic E-state index is 10.6. The number of rotatable bonds is 4. The number of fused-ring (bicyclic) bond motifs is 1. The molecule has 0 aliphatic carbocycles. The normalized spacial score (nSPS) is 13.4. The second-order valence-electron chi connectivity index (χ2n) is 4.33. The lowest BCUT2D eigenvalue weighted by Crippen LogP contribution is -2.12. The van der Waals surface area contributed by atoms with Crippen molar-refractivity contribution in [3.05, 3.63) is 29.3 Å². The molecule has 1 aliphatic rings. The van der Waals surface area contributed by atoms with Crippen LogP contribution in [0.1, 0.15) is 11.1 Å². The van der Waals surface area contributed by atoms with Gasteiger partial charge in [-0.05, 0) is 17.2 Å². The number of carboxylic acid groups (broad SMARTS) is 1. The Morgan fingerprint density at radius 3 is 3.00 bits per heavy atom. The quantitative estimate of drug-likeness (QED) is 0.636. The van der Waals surface area contributed by atoms with E-state index in [0.717, 1.165) is 28.5 Å². The second-order valence-corrected chi connectivity index (χ2v) is 5.28. The van der Waals surface area contributed by atoms with Crippen molar-refractivity contribution < 1.29 is 14.6 Å². The zero-order chi connectivity index (χ0) is 14.1. The van der Waals surface area contributed by atoms with Gasteiger partial charge < -0.3 is 15.7 Å². The number of hydrogen-bond acceptors (Lipinski definition) is 6. The molecule has 0 saturated carbocycles. The standard InChI is InChI=1S/C12H12N4O3S/c13-16-11(14-15-12(16)20-6-10(17)18)7-1-2-8-4-19-5-9(8)3-7/h1-3H,4-6,13H2,(H,17,18). The molecular weight excluding hydrogens is 280 g/mol. The highest BCUT2D eigenvalue weighted by molar-refractivity contribution is 7.99. The molecule has 2 aromatic rings. The Bertz CT molecular complexity index is 671. The van der Waals surface area contributed by atoms with Crippen molar-refractivity contribution in [2.45, 2.75) is 18.4 Å². The number of nitrogen functional groups attached to an aromatic ring is 1. The monoisotopic (exact) mass is 292 g/mol. The summed E-state index contributed by atoms with van der Waals surface area (Å²) in [6.45, 7) is 1.22. The summed E-state index contributed by atoms with van der Waals surface area (Å²) in [6.07, 6.45) is 0. The van der Waals surface area contributed by atoms with Crippen LogP contribution in [0.2, 0.25) is 0 Å². The smallest absolute Gasteiger partial charge is 0.313 e. The largest absolute Gasteiger partial charge is 0.481 e. The highest BCUT2D eigenvalue weighted by Gasteiger charge is 2.16. The molecule has 7 nitrogen and oxygen atoms in total. The minimum Gasteiger partial charge on any atom is -0.481 e. The third-order valence-electron chi connectivity index (χ3n) is 2.97. The van der Waals surface area contributed by atoms with Gasteiger partial charge in [-0.2, -0.15) is 0 Å². The van der Waals surface area contributed by atoms with Gasteiger partial charge in [-0.25, -0.2) is 4.68 Å². The Morgan fingerprint density at radius 1 is 1.40 bits per heavy atom. The van der Waals surface area contributed by atoms with Gasteiger partial charge in [0.05, 0.1) is 19.0 Å². The molecule has 3 N–H and O–H groups in total. The van der Waals surface area contributed by atoms with Gasteiger partial charge in [-0.1, -0.05) is 23.9 Å². The Morgan fingerprint density at radius 2 is 2.20 bits per heavy atom. The van der Waals surface area contributed by atoms with Crippen LogP contribution in [-0.2, 0) is 22.7 Å². The topological polar surface area (TPSA) is 103 Å². The molecule has 1 aliphatic heterocycles. The van der Waals surface area contributed by atoms with Crippen molar-refractivity contribution in [3.8, 4) is 11.4 Å². The van der Waals surface area contributed by atoms with Crippen LogP contribution in [0.15, 0.2) is 23.4 Å². The molecule has 0 unspecified atom stereocenters. The SMILES string of the molecule is Nn1c(SCC(=O)O)nnc1-c1ccc2c(c1)COC2. The van der Waals surface area contributed by atoms with Crippen molar-refractivity contribution >= 4 is 17.7 Å². The lowest BCUT2D eigenvalue weighted by Gasteiger charge is -2.04. The van der Waals surface area contributed by atoms with E-state index in [-0.39, 0.29) is 5.75 Å². The number of ether oxygens (including phenoxy) is 1. The van der Waals surface area contributed by atoms with Gasteiger partial charge >= 0.3 is 5.97 Å². The first-order chi connectivity index (χ1) is 9.65. The van der Waals surface area contributed by atoms with E-state index >= 15 is 0 Å².